The molecule has 0 bridgehead atoms. The third-order valence-corrected chi connectivity index (χ3v) is 4.34. The van der Waals surface area contributed by atoms with E-state index in [4.69, 9.17) is 0 Å². The van der Waals surface area contributed by atoms with Gasteiger partial charge in [0.25, 0.3) is 17.6 Å². The molecule has 0 atom stereocenters. The van der Waals surface area contributed by atoms with Crippen molar-refractivity contribution in [2.45, 2.75) is 0 Å². The van der Waals surface area contributed by atoms with Gasteiger partial charge in [-0.3, -0.25) is 14.4 Å². The first-order valence-corrected chi connectivity index (χ1v) is 8.33. The SMILES string of the molecule is CN(C)C(=O)c1cccc(Nc2nc3ccccc3c3c2NC(=O)C3=O)c1. The predicted octanol–water partition coefficient (Wildman–Crippen LogP) is 2.82. The number of ketones is 1. The fourth-order valence-corrected chi connectivity index (χ4v) is 3.07. The molecule has 0 saturated carbocycles. The molecule has 2 N–H and O–H groups in total. The minimum Gasteiger partial charge on any atom is -0.345 e. The highest BCUT2D eigenvalue weighted by Crippen LogP contribution is 2.36. The summed E-state index contributed by atoms with van der Waals surface area (Å²) in [5.74, 6) is -1.03. The number of pyridine rings is 1. The number of para-hydroxylation sites is 1. The first-order chi connectivity index (χ1) is 13.0. The number of hydrogen-bond acceptors (Lipinski definition) is 5. The second-order valence-electron chi connectivity index (χ2n) is 6.42. The van der Waals surface area contributed by atoms with E-state index in [0.717, 1.165) is 0 Å². The maximum atomic E-state index is 12.3. The number of nitrogens with zero attached hydrogens (tertiary/aromatic N) is 2. The lowest BCUT2D eigenvalue weighted by Gasteiger charge is -2.14. The summed E-state index contributed by atoms with van der Waals surface area (Å²) in [5.41, 5.74) is 2.41. The molecule has 0 radical (unpaired) electrons. The first kappa shape index (κ1) is 16.7. The number of hydrogen-bond donors (Lipinski definition) is 2. The number of fused-ring (bicyclic) bond motifs is 3. The molecule has 7 heteroatoms. The van der Waals surface area contributed by atoms with Crippen molar-refractivity contribution in [3.63, 3.8) is 0 Å². The van der Waals surface area contributed by atoms with Gasteiger partial charge in [-0.1, -0.05) is 24.3 Å². The van der Waals surface area contributed by atoms with Gasteiger partial charge in [-0.15, -0.1) is 0 Å². The van der Waals surface area contributed by atoms with E-state index in [9.17, 15) is 14.4 Å². The van der Waals surface area contributed by atoms with Crippen LogP contribution in [-0.2, 0) is 4.79 Å². The van der Waals surface area contributed by atoms with E-state index in [2.05, 4.69) is 15.6 Å². The molecule has 27 heavy (non-hydrogen) atoms. The Morgan fingerprint density at radius 3 is 2.63 bits per heavy atom. The van der Waals surface area contributed by atoms with Crippen LogP contribution >= 0.6 is 0 Å². The Balaban J connectivity index is 1.81. The van der Waals surface area contributed by atoms with Crippen LogP contribution in [0.4, 0.5) is 17.2 Å². The van der Waals surface area contributed by atoms with Gasteiger partial charge < -0.3 is 15.5 Å². The van der Waals surface area contributed by atoms with E-state index in [-0.39, 0.29) is 5.91 Å². The van der Waals surface area contributed by atoms with E-state index in [1.165, 1.54) is 4.90 Å². The Labute approximate surface area is 155 Å². The number of carbonyl (C=O) groups is 3. The van der Waals surface area contributed by atoms with Crippen LogP contribution in [0.15, 0.2) is 48.5 Å². The van der Waals surface area contributed by atoms with Crippen molar-refractivity contribution in [1.29, 1.82) is 0 Å². The van der Waals surface area contributed by atoms with Crippen molar-refractivity contribution >= 4 is 45.7 Å². The van der Waals surface area contributed by atoms with Crippen molar-refractivity contribution in [2.75, 3.05) is 24.7 Å². The Morgan fingerprint density at radius 2 is 1.85 bits per heavy atom. The van der Waals surface area contributed by atoms with Crippen LogP contribution in [0.3, 0.4) is 0 Å². The highest BCUT2D eigenvalue weighted by Gasteiger charge is 2.33. The molecule has 134 valence electrons. The second-order valence-corrected chi connectivity index (χ2v) is 6.42. The lowest BCUT2D eigenvalue weighted by atomic mass is 10.1. The van der Waals surface area contributed by atoms with Crippen LogP contribution in [0.5, 0.6) is 0 Å². The van der Waals surface area contributed by atoms with Gasteiger partial charge in [0.2, 0.25) is 0 Å². The van der Waals surface area contributed by atoms with Gasteiger partial charge in [0.05, 0.1) is 16.8 Å². The van der Waals surface area contributed by atoms with Crippen molar-refractivity contribution in [3.05, 3.63) is 59.7 Å². The molecule has 0 spiro atoms. The van der Waals surface area contributed by atoms with Gasteiger partial charge >= 0.3 is 0 Å². The smallest absolute Gasteiger partial charge is 0.296 e. The van der Waals surface area contributed by atoms with Crippen molar-refractivity contribution in [2.24, 2.45) is 0 Å². The zero-order valence-corrected chi connectivity index (χ0v) is 14.7. The van der Waals surface area contributed by atoms with Gasteiger partial charge in [-0.25, -0.2) is 4.98 Å². The average Bonchev–Trinajstić information content (AvgIpc) is 2.97. The molecule has 7 nitrogen and oxygen atoms in total. The molecule has 1 aliphatic rings. The van der Waals surface area contributed by atoms with Crippen LogP contribution in [0.1, 0.15) is 20.7 Å². The van der Waals surface area contributed by atoms with E-state index in [0.29, 0.717) is 39.2 Å². The molecule has 0 saturated heterocycles. The fraction of sp³-hybridized carbons (Fsp3) is 0.100. The zero-order valence-electron chi connectivity index (χ0n) is 14.7. The van der Waals surface area contributed by atoms with Gasteiger partial charge in [0, 0.05) is 30.7 Å². The number of rotatable bonds is 3. The molecular formula is C20H16N4O3. The quantitative estimate of drug-likeness (QED) is 0.701. The summed E-state index contributed by atoms with van der Waals surface area (Å²) < 4.78 is 0. The molecule has 2 aromatic carbocycles. The topological polar surface area (TPSA) is 91.4 Å². The standard InChI is InChI=1S/C20H16N4O3/c1-24(2)20(27)11-6-5-7-12(10-11)21-18-16-15(17(25)19(26)23-16)13-8-3-4-9-14(13)22-18/h3-10H,1-2H3,(H,21,22)(H,23,25,26). The number of carbonyl (C=O) groups excluding carboxylic acids is 3. The summed E-state index contributed by atoms with van der Waals surface area (Å²) in [6, 6.07) is 14.1. The van der Waals surface area contributed by atoms with Crippen LogP contribution in [0.25, 0.3) is 10.9 Å². The molecular weight excluding hydrogens is 344 g/mol. The van der Waals surface area contributed by atoms with E-state index in [1.807, 2.05) is 6.07 Å². The summed E-state index contributed by atoms with van der Waals surface area (Å²) in [4.78, 5) is 42.5. The van der Waals surface area contributed by atoms with Crippen LogP contribution < -0.4 is 10.6 Å². The molecule has 0 aliphatic carbocycles. The zero-order chi connectivity index (χ0) is 19.1. The third-order valence-electron chi connectivity index (χ3n) is 4.34. The Hall–Kier alpha value is -3.74. The molecule has 2 amide bonds. The Kier molecular flexibility index (Phi) is 3.84. The minimum absolute atomic E-state index is 0.126. The molecule has 4 rings (SSSR count). The first-order valence-electron chi connectivity index (χ1n) is 8.33. The van der Waals surface area contributed by atoms with Crippen molar-refractivity contribution in [3.8, 4) is 0 Å². The number of aromatic nitrogens is 1. The van der Waals surface area contributed by atoms with Crippen molar-refractivity contribution < 1.29 is 14.4 Å². The Morgan fingerprint density at radius 1 is 1.07 bits per heavy atom. The molecule has 3 aromatic rings. The van der Waals surface area contributed by atoms with E-state index in [1.54, 1.807) is 56.6 Å². The van der Waals surface area contributed by atoms with E-state index < -0.39 is 11.7 Å². The maximum absolute atomic E-state index is 12.3. The number of anilines is 3. The van der Waals surface area contributed by atoms with Crippen LogP contribution in [-0.4, -0.2) is 41.6 Å². The minimum atomic E-state index is -0.678. The second kappa shape index (κ2) is 6.21. The largest absolute Gasteiger partial charge is 0.345 e. The summed E-state index contributed by atoms with van der Waals surface area (Å²) in [5, 5.41) is 6.34. The summed E-state index contributed by atoms with van der Waals surface area (Å²) in [6.45, 7) is 0. The van der Waals surface area contributed by atoms with Gasteiger partial charge in [0.1, 0.15) is 0 Å². The van der Waals surface area contributed by atoms with E-state index >= 15 is 0 Å². The highest BCUT2D eigenvalue weighted by molar-refractivity contribution is 6.54. The van der Waals surface area contributed by atoms with Gasteiger partial charge in [0.15, 0.2) is 5.82 Å². The number of nitrogens with one attached hydrogen (secondary N) is 2. The average molecular weight is 360 g/mol. The van der Waals surface area contributed by atoms with Crippen molar-refractivity contribution in [1.82, 2.24) is 9.88 Å². The van der Waals surface area contributed by atoms with Crippen LogP contribution in [0.2, 0.25) is 0 Å². The lowest BCUT2D eigenvalue weighted by Crippen LogP contribution is -2.21. The van der Waals surface area contributed by atoms with Gasteiger partial charge in [-0.05, 0) is 24.3 Å². The normalized spacial score (nSPS) is 12.7. The number of Topliss-reactive ketones (excluding diaryl/α,β-unsaturated/α-hetero) is 1. The molecule has 0 fully saturated rings. The molecule has 2 heterocycles. The molecule has 1 aliphatic heterocycles. The molecule has 1 aromatic heterocycles. The van der Waals surface area contributed by atoms with Crippen LogP contribution in [0, 0.1) is 0 Å². The summed E-state index contributed by atoms with van der Waals surface area (Å²) in [6.07, 6.45) is 0. The maximum Gasteiger partial charge on any atom is 0.296 e. The fourth-order valence-electron chi connectivity index (χ4n) is 3.07. The third kappa shape index (κ3) is 2.79. The predicted molar refractivity (Wildman–Crippen MR) is 102 cm³/mol. The lowest BCUT2D eigenvalue weighted by molar-refractivity contribution is -0.112. The number of benzene rings is 2. The highest BCUT2D eigenvalue weighted by atomic mass is 16.2. The summed E-state index contributed by atoms with van der Waals surface area (Å²) in [7, 11) is 3.36. The monoisotopic (exact) mass is 360 g/mol. The molecule has 0 unspecified atom stereocenters. The Bertz CT molecular complexity index is 1120. The van der Waals surface area contributed by atoms with Gasteiger partial charge in [-0.2, -0.15) is 0 Å². The number of amides is 2. The summed E-state index contributed by atoms with van der Waals surface area (Å²) >= 11 is 0.